The van der Waals surface area contributed by atoms with Gasteiger partial charge in [-0.2, -0.15) is 0 Å². The molecule has 0 spiro atoms. The lowest BCUT2D eigenvalue weighted by atomic mass is 10.0. The van der Waals surface area contributed by atoms with E-state index < -0.39 is 5.82 Å². The monoisotopic (exact) mass is 182 g/mol. The van der Waals surface area contributed by atoms with Gasteiger partial charge in [-0.15, -0.1) is 0 Å². The lowest BCUT2D eigenvalue weighted by molar-refractivity contribution is 0.423. The maximum Gasteiger partial charge on any atom is 0.165 e. The molecule has 0 unspecified atom stereocenters. The molecule has 0 amide bonds. The van der Waals surface area contributed by atoms with Crippen molar-refractivity contribution < 1.29 is 9.50 Å². The Hall–Kier alpha value is -1.05. The summed E-state index contributed by atoms with van der Waals surface area (Å²) >= 11 is 0. The second-order valence-electron chi connectivity index (χ2n) is 3.68. The summed E-state index contributed by atoms with van der Waals surface area (Å²) < 4.78 is 12.9. The van der Waals surface area contributed by atoms with Crippen LogP contribution in [0.2, 0.25) is 0 Å². The molecule has 1 nitrogen and oxygen atoms in total. The number of benzene rings is 1. The molecule has 72 valence electrons. The molecular formula is C11H15FO. The molecule has 0 aromatic heterocycles. The number of aromatic hydroxyl groups is 1. The molecule has 0 fully saturated rings. The molecule has 0 aliphatic carbocycles. The lowest BCUT2D eigenvalue weighted by Crippen LogP contribution is -1.93. The molecule has 1 aromatic rings. The van der Waals surface area contributed by atoms with Gasteiger partial charge >= 0.3 is 0 Å². The Balaban J connectivity index is 2.71. The molecule has 0 aliphatic rings. The number of halogens is 1. The van der Waals surface area contributed by atoms with Crippen LogP contribution in [0.1, 0.15) is 25.8 Å². The third kappa shape index (κ3) is 2.72. The van der Waals surface area contributed by atoms with E-state index in [1.807, 2.05) is 0 Å². The third-order valence-electron chi connectivity index (χ3n) is 2.06. The fraction of sp³-hybridized carbons (Fsp3) is 0.455. The Labute approximate surface area is 78.2 Å². The highest BCUT2D eigenvalue weighted by Gasteiger charge is 2.06. The minimum absolute atomic E-state index is 0.192. The van der Waals surface area contributed by atoms with Crippen LogP contribution in [0.15, 0.2) is 18.2 Å². The van der Waals surface area contributed by atoms with Gasteiger partial charge in [0.1, 0.15) is 0 Å². The van der Waals surface area contributed by atoms with Crippen LogP contribution < -0.4 is 0 Å². The van der Waals surface area contributed by atoms with Gasteiger partial charge in [0.25, 0.3) is 0 Å². The summed E-state index contributed by atoms with van der Waals surface area (Å²) in [6, 6.07) is 4.67. The van der Waals surface area contributed by atoms with E-state index in [1.54, 1.807) is 12.1 Å². The molecule has 1 aromatic carbocycles. The van der Waals surface area contributed by atoms with Crippen molar-refractivity contribution in [3.05, 3.63) is 29.6 Å². The number of hydrogen-bond donors (Lipinski definition) is 1. The van der Waals surface area contributed by atoms with E-state index >= 15 is 0 Å². The summed E-state index contributed by atoms with van der Waals surface area (Å²) in [5.41, 5.74) is 0.703. The molecule has 0 saturated heterocycles. The van der Waals surface area contributed by atoms with E-state index in [9.17, 15) is 9.50 Å². The predicted molar refractivity (Wildman–Crippen MR) is 51.2 cm³/mol. The van der Waals surface area contributed by atoms with Crippen molar-refractivity contribution in [1.29, 1.82) is 0 Å². The SMILES string of the molecule is CC(C)CCc1cccc(F)c1O. The fourth-order valence-electron chi connectivity index (χ4n) is 1.21. The van der Waals surface area contributed by atoms with Crippen molar-refractivity contribution in [2.45, 2.75) is 26.7 Å². The van der Waals surface area contributed by atoms with Gasteiger partial charge in [0.05, 0.1) is 0 Å². The minimum Gasteiger partial charge on any atom is -0.505 e. The molecular weight excluding hydrogens is 167 g/mol. The van der Waals surface area contributed by atoms with E-state index in [0.29, 0.717) is 11.5 Å². The van der Waals surface area contributed by atoms with E-state index in [4.69, 9.17) is 0 Å². The zero-order chi connectivity index (χ0) is 9.84. The van der Waals surface area contributed by atoms with Crippen LogP contribution in [0.3, 0.4) is 0 Å². The molecule has 0 aliphatic heterocycles. The second-order valence-corrected chi connectivity index (χ2v) is 3.68. The number of aryl methyl sites for hydroxylation is 1. The van der Waals surface area contributed by atoms with Crippen LogP contribution in [0.4, 0.5) is 4.39 Å². The van der Waals surface area contributed by atoms with E-state index in [-0.39, 0.29) is 5.75 Å². The Morgan fingerprint density at radius 1 is 1.38 bits per heavy atom. The van der Waals surface area contributed by atoms with Gasteiger partial charge in [-0.3, -0.25) is 0 Å². The number of rotatable bonds is 3. The summed E-state index contributed by atoms with van der Waals surface area (Å²) in [6.07, 6.45) is 1.71. The summed E-state index contributed by atoms with van der Waals surface area (Å²) in [7, 11) is 0. The smallest absolute Gasteiger partial charge is 0.165 e. The van der Waals surface area contributed by atoms with Crippen LogP contribution in [0.25, 0.3) is 0 Å². The first-order chi connectivity index (χ1) is 6.11. The quantitative estimate of drug-likeness (QED) is 0.761. The third-order valence-corrected chi connectivity index (χ3v) is 2.06. The lowest BCUT2D eigenvalue weighted by Gasteiger charge is -2.06. The molecule has 13 heavy (non-hydrogen) atoms. The average molecular weight is 182 g/mol. The van der Waals surface area contributed by atoms with Crippen molar-refractivity contribution in [3.8, 4) is 5.75 Å². The number of hydrogen-bond acceptors (Lipinski definition) is 1. The molecule has 1 N–H and O–H groups in total. The minimum atomic E-state index is -0.527. The van der Waals surface area contributed by atoms with Crippen LogP contribution in [-0.2, 0) is 6.42 Å². The van der Waals surface area contributed by atoms with Gasteiger partial charge in [0.15, 0.2) is 11.6 Å². The van der Waals surface area contributed by atoms with Gasteiger partial charge in [-0.05, 0) is 30.4 Å². The summed E-state index contributed by atoms with van der Waals surface area (Å²) in [6.45, 7) is 4.21. The maximum atomic E-state index is 12.9. The molecule has 1 rings (SSSR count). The largest absolute Gasteiger partial charge is 0.505 e. The van der Waals surface area contributed by atoms with Crippen LogP contribution in [-0.4, -0.2) is 5.11 Å². The normalized spacial score (nSPS) is 10.8. The molecule has 0 heterocycles. The Kier molecular flexibility index (Phi) is 3.29. The van der Waals surface area contributed by atoms with Gasteiger partial charge in [-0.1, -0.05) is 26.0 Å². The first-order valence-electron chi connectivity index (χ1n) is 4.57. The van der Waals surface area contributed by atoms with E-state index in [0.717, 1.165) is 12.8 Å². The highest BCUT2D eigenvalue weighted by atomic mass is 19.1. The number of phenolic OH excluding ortho intramolecular Hbond substituents is 1. The van der Waals surface area contributed by atoms with Crippen molar-refractivity contribution in [3.63, 3.8) is 0 Å². The van der Waals surface area contributed by atoms with Crippen molar-refractivity contribution in [1.82, 2.24) is 0 Å². The molecule has 0 bridgehead atoms. The highest BCUT2D eigenvalue weighted by molar-refractivity contribution is 5.33. The summed E-state index contributed by atoms with van der Waals surface area (Å²) in [5, 5.41) is 9.34. The van der Waals surface area contributed by atoms with Gasteiger partial charge in [0.2, 0.25) is 0 Å². The van der Waals surface area contributed by atoms with Crippen molar-refractivity contribution in [2.24, 2.45) is 5.92 Å². The Morgan fingerprint density at radius 3 is 2.69 bits per heavy atom. The fourth-order valence-corrected chi connectivity index (χ4v) is 1.21. The Morgan fingerprint density at radius 2 is 2.08 bits per heavy atom. The van der Waals surface area contributed by atoms with Gasteiger partial charge in [-0.25, -0.2) is 4.39 Å². The van der Waals surface area contributed by atoms with Crippen molar-refractivity contribution >= 4 is 0 Å². The van der Waals surface area contributed by atoms with E-state index in [1.165, 1.54) is 6.07 Å². The molecule has 0 saturated carbocycles. The number of phenols is 1. The molecule has 2 heteroatoms. The van der Waals surface area contributed by atoms with Crippen LogP contribution >= 0.6 is 0 Å². The first-order valence-corrected chi connectivity index (χ1v) is 4.57. The van der Waals surface area contributed by atoms with Crippen molar-refractivity contribution in [2.75, 3.05) is 0 Å². The molecule has 0 atom stereocenters. The standard InChI is InChI=1S/C11H15FO/c1-8(2)6-7-9-4-3-5-10(12)11(9)13/h3-5,8,13H,6-7H2,1-2H3. The predicted octanol–water partition coefficient (Wildman–Crippen LogP) is 3.12. The van der Waals surface area contributed by atoms with Gasteiger partial charge < -0.3 is 5.11 Å². The zero-order valence-electron chi connectivity index (χ0n) is 8.05. The zero-order valence-corrected chi connectivity index (χ0v) is 8.05. The average Bonchev–Trinajstić information content (AvgIpc) is 2.07. The second kappa shape index (κ2) is 4.26. The first kappa shape index (κ1) is 10.0. The van der Waals surface area contributed by atoms with Crippen LogP contribution in [0.5, 0.6) is 5.75 Å². The number of para-hydroxylation sites is 1. The molecule has 0 radical (unpaired) electrons. The highest BCUT2D eigenvalue weighted by Crippen LogP contribution is 2.22. The summed E-state index contributed by atoms with van der Waals surface area (Å²) in [5.74, 6) is -0.146. The summed E-state index contributed by atoms with van der Waals surface area (Å²) in [4.78, 5) is 0. The van der Waals surface area contributed by atoms with Crippen LogP contribution in [0, 0.1) is 11.7 Å². The maximum absolute atomic E-state index is 12.9. The Bertz CT molecular complexity index is 281. The topological polar surface area (TPSA) is 20.2 Å². The van der Waals surface area contributed by atoms with E-state index in [2.05, 4.69) is 13.8 Å². The van der Waals surface area contributed by atoms with Gasteiger partial charge in [0, 0.05) is 0 Å².